The molecule has 8 heteroatoms. The highest BCUT2D eigenvalue weighted by atomic mass is 16.5. The van der Waals surface area contributed by atoms with Gasteiger partial charge < -0.3 is 20.5 Å². The minimum absolute atomic E-state index is 0.221. The summed E-state index contributed by atoms with van der Waals surface area (Å²) in [4.78, 5) is 14.2. The molecule has 108 valence electrons. The first-order valence-corrected chi connectivity index (χ1v) is 5.89. The van der Waals surface area contributed by atoms with Crippen LogP contribution in [0.2, 0.25) is 0 Å². The van der Waals surface area contributed by atoms with Gasteiger partial charge in [0.25, 0.3) is 0 Å². The molecule has 0 aliphatic rings. The van der Waals surface area contributed by atoms with E-state index >= 15 is 0 Å². The number of carbonyl (C=O) groups excluding carboxylic acids is 1. The van der Waals surface area contributed by atoms with Gasteiger partial charge in [-0.3, -0.25) is 4.79 Å². The van der Waals surface area contributed by atoms with Crippen LogP contribution in [0.4, 0.5) is 0 Å². The Morgan fingerprint density at radius 2 is 2.25 bits per heavy atom. The summed E-state index contributed by atoms with van der Waals surface area (Å²) in [7, 11) is 3.04. The van der Waals surface area contributed by atoms with Gasteiger partial charge in [-0.15, -0.1) is 0 Å². The number of primary amides is 1. The largest absolute Gasteiger partial charge is 0.497 e. The Labute approximate surface area is 116 Å². The molecule has 0 aliphatic heterocycles. The van der Waals surface area contributed by atoms with E-state index in [0.29, 0.717) is 23.6 Å². The molecule has 1 unspecified atom stereocenters. The number of nitrogens with zero attached hydrogens (tertiary/aromatic N) is 3. The zero-order chi connectivity index (χ0) is 15.0. The van der Waals surface area contributed by atoms with Crippen LogP contribution in [0.5, 0.6) is 11.5 Å². The Bertz CT molecular complexity index is 514. The Morgan fingerprint density at radius 3 is 2.80 bits per heavy atom. The highest BCUT2D eigenvalue weighted by Crippen LogP contribution is 2.29. The lowest BCUT2D eigenvalue weighted by atomic mass is 10.0. The summed E-state index contributed by atoms with van der Waals surface area (Å²) >= 11 is 0. The summed E-state index contributed by atoms with van der Waals surface area (Å²) in [6, 6.07) is 4.35. The second-order valence-electron chi connectivity index (χ2n) is 3.85. The van der Waals surface area contributed by atoms with Gasteiger partial charge >= 0.3 is 0 Å². The van der Waals surface area contributed by atoms with Gasteiger partial charge in [0.1, 0.15) is 17.5 Å². The van der Waals surface area contributed by atoms with Gasteiger partial charge in [0.05, 0.1) is 14.2 Å². The third-order valence-electron chi connectivity index (χ3n) is 2.66. The molecular formula is C12H17N5O3. The van der Waals surface area contributed by atoms with E-state index in [1.807, 2.05) is 0 Å². The van der Waals surface area contributed by atoms with E-state index in [1.165, 1.54) is 14.2 Å². The molecule has 20 heavy (non-hydrogen) atoms. The first-order valence-electron chi connectivity index (χ1n) is 5.89. The van der Waals surface area contributed by atoms with Crippen LogP contribution in [0.3, 0.4) is 0 Å². The molecule has 0 heterocycles. The second-order valence-corrected chi connectivity index (χ2v) is 3.85. The quantitative estimate of drug-likeness (QED) is 0.320. The number of azide groups is 1. The molecule has 0 spiro atoms. The van der Waals surface area contributed by atoms with Crippen LogP contribution in [-0.2, 0) is 4.79 Å². The minimum Gasteiger partial charge on any atom is -0.497 e. The van der Waals surface area contributed by atoms with Crippen LogP contribution >= 0.6 is 0 Å². The Hall–Kier alpha value is -2.44. The lowest BCUT2D eigenvalue weighted by Crippen LogP contribution is -2.35. The molecule has 1 amide bonds. The number of amides is 1. The summed E-state index contributed by atoms with van der Waals surface area (Å²) < 4.78 is 10.3. The fourth-order valence-electron chi connectivity index (χ4n) is 1.72. The molecule has 0 fully saturated rings. The van der Waals surface area contributed by atoms with Crippen molar-refractivity contribution >= 4 is 5.91 Å². The van der Waals surface area contributed by atoms with Crippen molar-refractivity contribution < 1.29 is 14.3 Å². The molecule has 0 aliphatic carbocycles. The monoisotopic (exact) mass is 279 g/mol. The second kappa shape index (κ2) is 7.88. The zero-order valence-corrected chi connectivity index (χ0v) is 11.4. The van der Waals surface area contributed by atoms with Crippen molar-refractivity contribution in [1.29, 1.82) is 0 Å². The number of methoxy groups -OCH3 is 2. The SMILES string of the molecule is COc1ccc(C(NCCN=[N+]=[N-])C(N)=O)c(OC)c1. The Kier molecular flexibility index (Phi) is 6.15. The number of hydrogen-bond donors (Lipinski definition) is 2. The first kappa shape index (κ1) is 15.6. The Balaban J connectivity index is 2.96. The smallest absolute Gasteiger partial charge is 0.239 e. The maximum atomic E-state index is 11.6. The maximum absolute atomic E-state index is 11.6. The van der Waals surface area contributed by atoms with Gasteiger partial charge in [-0.25, -0.2) is 0 Å². The molecule has 1 atom stereocenters. The number of nitrogens with one attached hydrogen (secondary N) is 1. The van der Waals surface area contributed by atoms with Gasteiger partial charge in [-0.2, -0.15) is 0 Å². The molecule has 0 radical (unpaired) electrons. The van der Waals surface area contributed by atoms with Gasteiger partial charge in [0.2, 0.25) is 5.91 Å². The van der Waals surface area contributed by atoms with Crippen molar-refractivity contribution in [2.24, 2.45) is 10.8 Å². The first-order chi connectivity index (χ1) is 9.63. The average molecular weight is 279 g/mol. The van der Waals surface area contributed by atoms with E-state index in [0.717, 1.165) is 0 Å². The van der Waals surface area contributed by atoms with Crippen LogP contribution in [0.25, 0.3) is 10.4 Å². The lowest BCUT2D eigenvalue weighted by molar-refractivity contribution is -0.120. The maximum Gasteiger partial charge on any atom is 0.239 e. The topological polar surface area (TPSA) is 122 Å². The molecule has 1 aromatic rings. The van der Waals surface area contributed by atoms with Crippen molar-refractivity contribution in [3.63, 3.8) is 0 Å². The molecule has 1 aromatic carbocycles. The molecule has 0 saturated heterocycles. The van der Waals surface area contributed by atoms with Gasteiger partial charge in [-0.1, -0.05) is 5.11 Å². The number of carbonyl (C=O) groups is 1. The van der Waals surface area contributed by atoms with Crippen LogP contribution in [0.1, 0.15) is 11.6 Å². The standard InChI is InChI=1S/C12H17N5O3/c1-19-8-3-4-9(10(7-8)20-2)11(12(13)18)15-5-6-16-17-14/h3-4,7,11,15H,5-6H2,1-2H3,(H2,13,18). The average Bonchev–Trinajstić information content (AvgIpc) is 2.46. The van der Waals surface area contributed by atoms with Gasteiger partial charge in [-0.05, 0) is 17.7 Å². The van der Waals surface area contributed by atoms with Crippen LogP contribution in [0.15, 0.2) is 23.3 Å². The fraction of sp³-hybridized carbons (Fsp3) is 0.417. The molecule has 0 bridgehead atoms. The normalized spacial score (nSPS) is 11.3. The van der Waals surface area contributed by atoms with Crippen molar-refractivity contribution in [2.75, 3.05) is 27.3 Å². The number of benzene rings is 1. The summed E-state index contributed by atoms with van der Waals surface area (Å²) in [5, 5.41) is 6.30. The molecule has 3 N–H and O–H groups in total. The fourth-order valence-corrected chi connectivity index (χ4v) is 1.72. The highest BCUT2D eigenvalue weighted by Gasteiger charge is 2.21. The molecular weight excluding hydrogens is 262 g/mol. The number of rotatable bonds is 8. The minimum atomic E-state index is -0.732. The van der Waals surface area contributed by atoms with E-state index in [1.54, 1.807) is 18.2 Å². The van der Waals surface area contributed by atoms with Crippen molar-refractivity contribution in [1.82, 2.24) is 5.32 Å². The van der Waals surface area contributed by atoms with E-state index < -0.39 is 11.9 Å². The van der Waals surface area contributed by atoms with Gasteiger partial charge in [0, 0.05) is 29.6 Å². The summed E-state index contributed by atoms with van der Waals surface area (Å²) in [6.07, 6.45) is 0. The summed E-state index contributed by atoms with van der Waals surface area (Å²) in [5.74, 6) is 0.557. The van der Waals surface area contributed by atoms with E-state index in [2.05, 4.69) is 15.3 Å². The molecule has 8 nitrogen and oxygen atoms in total. The molecule has 0 aromatic heterocycles. The molecule has 1 rings (SSSR count). The van der Waals surface area contributed by atoms with Crippen molar-refractivity contribution in [3.05, 3.63) is 34.2 Å². The highest BCUT2D eigenvalue weighted by molar-refractivity contribution is 5.82. The van der Waals surface area contributed by atoms with Crippen molar-refractivity contribution in [3.8, 4) is 11.5 Å². The van der Waals surface area contributed by atoms with Crippen LogP contribution < -0.4 is 20.5 Å². The van der Waals surface area contributed by atoms with Crippen LogP contribution in [-0.4, -0.2) is 33.2 Å². The molecule has 0 saturated carbocycles. The van der Waals surface area contributed by atoms with E-state index in [4.69, 9.17) is 20.7 Å². The number of ether oxygens (including phenoxy) is 2. The third kappa shape index (κ3) is 4.04. The van der Waals surface area contributed by atoms with E-state index in [9.17, 15) is 4.79 Å². The predicted molar refractivity (Wildman–Crippen MR) is 73.5 cm³/mol. The van der Waals surface area contributed by atoms with Gasteiger partial charge in [0.15, 0.2) is 0 Å². The van der Waals surface area contributed by atoms with E-state index in [-0.39, 0.29) is 6.54 Å². The summed E-state index contributed by atoms with van der Waals surface area (Å²) in [5.41, 5.74) is 14.2. The predicted octanol–water partition coefficient (Wildman–Crippen LogP) is 1.13. The number of hydrogen-bond acceptors (Lipinski definition) is 5. The zero-order valence-electron chi connectivity index (χ0n) is 11.4. The van der Waals surface area contributed by atoms with Crippen LogP contribution in [0, 0.1) is 0 Å². The third-order valence-corrected chi connectivity index (χ3v) is 2.66. The lowest BCUT2D eigenvalue weighted by Gasteiger charge is -2.18. The summed E-state index contributed by atoms with van der Waals surface area (Å²) in [6.45, 7) is 0.547. The van der Waals surface area contributed by atoms with Crippen molar-refractivity contribution in [2.45, 2.75) is 6.04 Å². The number of nitrogens with two attached hydrogens (primary N) is 1. The Morgan fingerprint density at radius 1 is 1.50 bits per heavy atom.